The maximum absolute atomic E-state index is 12.6. The molecule has 3 rings (SSSR count). The molecule has 3 aromatic rings. The number of para-hydroxylation sites is 1. The number of aromatic nitrogens is 1. The van der Waals surface area contributed by atoms with Crippen LogP contribution in [-0.4, -0.2) is 16.1 Å². The van der Waals surface area contributed by atoms with Crippen molar-refractivity contribution in [2.75, 3.05) is 5.32 Å². The Kier molecular flexibility index (Phi) is 5.33. The van der Waals surface area contributed by atoms with Gasteiger partial charge in [-0.15, -0.1) is 11.3 Å². The molecule has 122 valence electrons. The molecule has 0 radical (unpaired) electrons. The van der Waals surface area contributed by atoms with Crippen LogP contribution in [0.3, 0.4) is 0 Å². The first-order valence-corrected chi connectivity index (χ1v) is 9.43. The lowest BCUT2D eigenvalue weighted by Crippen LogP contribution is -2.22. The zero-order valence-corrected chi connectivity index (χ0v) is 15.2. The van der Waals surface area contributed by atoms with Gasteiger partial charge in [-0.2, -0.15) is 0 Å². The van der Waals surface area contributed by atoms with Gasteiger partial charge in [0.25, 0.3) is 0 Å². The fourth-order valence-corrected chi connectivity index (χ4v) is 4.27. The number of thioether (sulfide) groups is 1. The van der Waals surface area contributed by atoms with E-state index in [1.165, 1.54) is 11.8 Å². The summed E-state index contributed by atoms with van der Waals surface area (Å²) in [6.45, 7) is 3.86. The van der Waals surface area contributed by atoms with Gasteiger partial charge in [0.05, 0.1) is 5.25 Å². The van der Waals surface area contributed by atoms with Gasteiger partial charge in [-0.25, -0.2) is 4.98 Å². The number of aryl methyl sites for hydroxylation is 1. The van der Waals surface area contributed by atoms with E-state index in [0.29, 0.717) is 0 Å². The molecule has 0 aliphatic heterocycles. The number of nitrogens with one attached hydrogen (secondary N) is 1. The summed E-state index contributed by atoms with van der Waals surface area (Å²) in [4.78, 5) is 17.0. The van der Waals surface area contributed by atoms with Crippen LogP contribution in [0.5, 0.6) is 0 Å². The number of hydrogen-bond acceptors (Lipinski definition) is 4. The largest absolute Gasteiger partial charge is 0.325 e. The molecule has 0 spiro atoms. The quantitative estimate of drug-likeness (QED) is 0.637. The van der Waals surface area contributed by atoms with E-state index >= 15 is 0 Å². The molecule has 1 N–H and O–H groups in total. The molecule has 0 aliphatic carbocycles. The second kappa shape index (κ2) is 7.64. The number of nitrogens with zero attached hydrogens (tertiary/aromatic N) is 1. The molecule has 2 aromatic carbocycles. The summed E-state index contributed by atoms with van der Waals surface area (Å²) >= 11 is 3.06. The summed E-state index contributed by atoms with van der Waals surface area (Å²) in [5, 5.41) is 4.84. The number of carbonyl (C=O) groups excluding carboxylic acids is 1. The molecule has 0 saturated carbocycles. The highest BCUT2D eigenvalue weighted by Crippen LogP contribution is 2.30. The Morgan fingerprint density at radius 1 is 1.12 bits per heavy atom. The van der Waals surface area contributed by atoms with E-state index in [-0.39, 0.29) is 11.2 Å². The lowest BCUT2D eigenvalue weighted by Gasteiger charge is -2.14. The van der Waals surface area contributed by atoms with Gasteiger partial charge in [-0.1, -0.05) is 60.3 Å². The van der Waals surface area contributed by atoms with Gasteiger partial charge in [0.15, 0.2) is 4.34 Å². The number of rotatable bonds is 5. The number of thiazole rings is 1. The molecule has 3 nitrogen and oxygen atoms in total. The van der Waals surface area contributed by atoms with Crippen LogP contribution in [0.4, 0.5) is 5.69 Å². The van der Waals surface area contributed by atoms with Crippen molar-refractivity contribution in [3.05, 3.63) is 65.7 Å². The normalized spacial score (nSPS) is 11.9. The number of benzene rings is 2. The Morgan fingerprint density at radius 3 is 2.54 bits per heavy atom. The standard InChI is InChI=1S/C19H18N2OS2/c1-13-12-23-19(20-13)24-14(2)18(22)21-17-11-7-6-10-16(17)15-8-4-3-5-9-15/h3-12,14H,1-2H3,(H,21,22)/t14-/m1/s1. The Balaban J connectivity index is 1.75. The van der Waals surface area contributed by atoms with Gasteiger partial charge in [-0.3, -0.25) is 4.79 Å². The number of amides is 1. The van der Waals surface area contributed by atoms with Crippen LogP contribution in [0.25, 0.3) is 11.1 Å². The lowest BCUT2D eigenvalue weighted by atomic mass is 10.0. The highest BCUT2D eigenvalue weighted by Gasteiger charge is 2.17. The Hall–Kier alpha value is -2.11. The minimum atomic E-state index is -0.209. The third-order valence-electron chi connectivity index (χ3n) is 3.51. The van der Waals surface area contributed by atoms with Gasteiger partial charge in [0.1, 0.15) is 0 Å². The van der Waals surface area contributed by atoms with Crippen LogP contribution in [0, 0.1) is 6.92 Å². The molecular formula is C19H18N2OS2. The molecular weight excluding hydrogens is 336 g/mol. The predicted octanol–water partition coefficient (Wildman–Crippen LogP) is 5.24. The smallest absolute Gasteiger partial charge is 0.237 e. The van der Waals surface area contributed by atoms with Gasteiger partial charge >= 0.3 is 0 Å². The minimum Gasteiger partial charge on any atom is -0.325 e. The zero-order valence-electron chi connectivity index (χ0n) is 13.5. The van der Waals surface area contributed by atoms with Crippen molar-refractivity contribution in [2.45, 2.75) is 23.4 Å². The third-order valence-corrected chi connectivity index (χ3v) is 5.70. The second-order valence-electron chi connectivity index (χ2n) is 5.42. The SMILES string of the molecule is Cc1csc(S[C@H](C)C(=O)Nc2ccccc2-c2ccccc2)n1. The fourth-order valence-electron chi connectivity index (χ4n) is 2.29. The van der Waals surface area contributed by atoms with E-state index in [4.69, 9.17) is 0 Å². The van der Waals surface area contributed by atoms with Crippen molar-refractivity contribution in [3.8, 4) is 11.1 Å². The topological polar surface area (TPSA) is 42.0 Å². The molecule has 0 saturated heterocycles. The first kappa shape index (κ1) is 16.7. The molecule has 1 amide bonds. The zero-order chi connectivity index (χ0) is 16.9. The van der Waals surface area contributed by atoms with Crippen LogP contribution in [0.2, 0.25) is 0 Å². The highest BCUT2D eigenvalue weighted by atomic mass is 32.2. The van der Waals surface area contributed by atoms with Gasteiger partial charge in [0.2, 0.25) is 5.91 Å². The molecule has 24 heavy (non-hydrogen) atoms. The average Bonchev–Trinajstić information content (AvgIpc) is 3.01. The summed E-state index contributed by atoms with van der Waals surface area (Å²) in [6.07, 6.45) is 0. The number of anilines is 1. The molecule has 1 aromatic heterocycles. The van der Waals surface area contributed by atoms with Gasteiger partial charge in [0, 0.05) is 22.3 Å². The van der Waals surface area contributed by atoms with Crippen molar-refractivity contribution in [2.24, 2.45) is 0 Å². The summed E-state index contributed by atoms with van der Waals surface area (Å²) < 4.78 is 0.923. The van der Waals surface area contributed by atoms with Crippen LogP contribution in [0.1, 0.15) is 12.6 Å². The van der Waals surface area contributed by atoms with Crippen LogP contribution in [-0.2, 0) is 4.79 Å². The summed E-state index contributed by atoms with van der Waals surface area (Å²) in [5.41, 5.74) is 3.93. The fraction of sp³-hybridized carbons (Fsp3) is 0.158. The lowest BCUT2D eigenvalue weighted by molar-refractivity contribution is -0.115. The van der Waals surface area contributed by atoms with Crippen molar-refractivity contribution >= 4 is 34.7 Å². The Labute approximate surface area is 150 Å². The summed E-state index contributed by atoms with van der Waals surface area (Å²) in [6, 6.07) is 17.9. The molecule has 0 fully saturated rings. The first-order valence-electron chi connectivity index (χ1n) is 7.67. The van der Waals surface area contributed by atoms with Crippen molar-refractivity contribution in [1.82, 2.24) is 4.98 Å². The molecule has 5 heteroatoms. The van der Waals surface area contributed by atoms with Gasteiger partial charge < -0.3 is 5.32 Å². The van der Waals surface area contributed by atoms with Crippen LogP contribution >= 0.6 is 23.1 Å². The number of hydrogen-bond donors (Lipinski definition) is 1. The Bertz CT molecular complexity index is 830. The van der Waals surface area contributed by atoms with E-state index in [1.807, 2.05) is 73.8 Å². The van der Waals surface area contributed by atoms with E-state index in [1.54, 1.807) is 11.3 Å². The molecule has 1 atom stereocenters. The maximum atomic E-state index is 12.6. The monoisotopic (exact) mass is 354 g/mol. The molecule has 0 bridgehead atoms. The molecule has 0 unspecified atom stereocenters. The van der Waals surface area contributed by atoms with E-state index in [0.717, 1.165) is 26.8 Å². The van der Waals surface area contributed by atoms with E-state index in [2.05, 4.69) is 10.3 Å². The summed E-state index contributed by atoms with van der Waals surface area (Å²) in [5.74, 6) is -0.0174. The van der Waals surface area contributed by atoms with E-state index < -0.39 is 0 Å². The first-order chi connectivity index (χ1) is 11.6. The summed E-state index contributed by atoms with van der Waals surface area (Å²) in [7, 11) is 0. The average molecular weight is 355 g/mol. The maximum Gasteiger partial charge on any atom is 0.237 e. The van der Waals surface area contributed by atoms with Crippen LogP contribution < -0.4 is 5.32 Å². The molecule has 1 heterocycles. The highest BCUT2D eigenvalue weighted by molar-refractivity contribution is 8.02. The predicted molar refractivity (Wildman–Crippen MR) is 103 cm³/mol. The van der Waals surface area contributed by atoms with Crippen molar-refractivity contribution < 1.29 is 4.79 Å². The van der Waals surface area contributed by atoms with Crippen LogP contribution in [0.15, 0.2) is 64.3 Å². The van der Waals surface area contributed by atoms with Crippen molar-refractivity contribution in [1.29, 1.82) is 0 Å². The molecule has 0 aliphatic rings. The minimum absolute atomic E-state index is 0.0174. The van der Waals surface area contributed by atoms with Gasteiger partial charge in [-0.05, 0) is 25.5 Å². The Morgan fingerprint density at radius 2 is 1.83 bits per heavy atom. The number of carbonyl (C=O) groups is 1. The van der Waals surface area contributed by atoms with E-state index in [9.17, 15) is 4.79 Å². The van der Waals surface area contributed by atoms with Crippen molar-refractivity contribution in [3.63, 3.8) is 0 Å². The second-order valence-corrected chi connectivity index (χ2v) is 7.86. The third kappa shape index (κ3) is 4.04.